The zero-order valence-electron chi connectivity index (χ0n) is 9.79. The number of aromatic nitrogens is 2. The number of rotatable bonds is 3. The molecule has 1 fully saturated rings. The monoisotopic (exact) mass is 286 g/mol. The van der Waals surface area contributed by atoms with E-state index < -0.39 is 0 Å². The van der Waals surface area contributed by atoms with Gasteiger partial charge in [-0.15, -0.1) is 0 Å². The molecule has 1 aliphatic rings. The summed E-state index contributed by atoms with van der Waals surface area (Å²) >= 11 is 3.54. The topological polar surface area (TPSA) is 38.9 Å². The van der Waals surface area contributed by atoms with E-state index in [1.54, 1.807) is 0 Å². The van der Waals surface area contributed by atoms with Gasteiger partial charge in [0.25, 0.3) is 0 Å². The van der Waals surface area contributed by atoms with Gasteiger partial charge in [-0.3, -0.25) is 0 Å². The Morgan fingerprint density at radius 1 is 1.31 bits per heavy atom. The van der Waals surface area contributed by atoms with Gasteiger partial charge in [0.2, 0.25) is 5.89 Å². The zero-order valence-corrected chi connectivity index (χ0v) is 11.4. The highest BCUT2D eigenvalue weighted by atomic mass is 79.9. The molecule has 1 saturated carbocycles. The van der Waals surface area contributed by atoms with Crippen molar-refractivity contribution in [3.8, 4) is 0 Å². The predicted octanol–water partition coefficient (Wildman–Crippen LogP) is 4.35. The molecule has 1 unspecified atom stereocenters. The average molecular weight is 287 g/mol. The molecule has 0 aromatic carbocycles. The lowest BCUT2D eigenvalue weighted by atomic mass is 10.00. The van der Waals surface area contributed by atoms with E-state index in [1.807, 2.05) is 0 Å². The van der Waals surface area contributed by atoms with E-state index in [4.69, 9.17) is 4.52 Å². The van der Waals surface area contributed by atoms with Crippen molar-refractivity contribution in [1.29, 1.82) is 0 Å². The van der Waals surface area contributed by atoms with Crippen molar-refractivity contribution < 1.29 is 4.52 Å². The van der Waals surface area contributed by atoms with Crippen LogP contribution in [0.3, 0.4) is 0 Å². The van der Waals surface area contributed by atoms with Gasteiger partial charge in [-0.1, -0.05) is 53.7 Å². The summed E-state index contributed by atoms with van der Waals surface area (Å²) in [6.45, 7) is 2.11. The lowest BCUT2D eigenvalue weighted by Gasteiger charge is -2.07. The minimum atomic E-state index is 0.208. The Morgan fingerprint density at radius 3 is 2.62 bits per heavy atom. The molecule has 1 aromatic rings. The van der Waals surface area contributed by atoms with E-state index in [0.29, 0.717) is 5.92 Å². The second-order valence-electron chi connectivity index (χ2n) is 4.56. The van der Waals surface area contributed by atoms with E-state index in [9.17, 15) is 0 Å². The fourth-order valence-corrected chi connectivity index (χ4v) is 2.44. The van der Waals surface area contributed by atoms with Crippen LogP contribution in [0.1, 0.15) is 74.3 Å². The second kappa shape index (κ2) is 5.80. The Balaban J connectivity index is 2.05. The van der Waals surface area contributed by atoms with Crippen LogP contribution in [0.2, 0.25) is 0 Å². The maximum atomic E-state index is 5.30. The van der Waals surface area contributed by atoms with E-state index >= 15 is 0 Å². The summed E-state index contributed by atoms with van der Waals surface area (Å²) in [6.07, 6.45) is 8.75. The van der Waals surface area contributed by atoms with Gasteiger partial charge >= 0.3 is 0 Å². The standard InChI is InChI=1S/C12H19BrN2O/c1-2-10(13)12-14-11(15-16-12)9-7-5-3-4-6-8-9/h9-10H,2-8H2,1H3. The molecule has 1 aromatic heterocycles. The SMILES string of the molecule is CCC(Br)c1nc(C2CCCCCC2)no1. The smallest absolute Gasteiger partial charge is 0.240 e. The number of hydrogen-bond acceptors (Lipinski definition) is 3. The van der Waals surface area contributed by atoms with Crippen LogP contribution in [0.15, 0.2) is 4.52 Å². The number of nitrogens with zero attached hydrogens (tertiary/aromatic N) is 2. The summed E-state index contributed by atoms with van der Waals surface area (Å²) < 4.78 is 5.30. The Kier molecular flexibility index (Phi) is 4.38. The first-order chi connectivity index (χ1) is 7.81. The van der Waals surface area contributed by atoms with Crippen LogP contribution in [0.25, 0.3) is 0 Å². The van der Waals surface area contributed by atoms with E-state index in [1.165, 1.54) is 38.5 Å². The molecule has 3 nitrogen and oxygen atoms in total. The van der Waals surface area contributed by atoms with Crippen molar-refractivity contribution in [3.05, 3.63) is 11.7 Å². The third-order valence-corrected chi connectivity index (χ3v) is 4.34. The molecule has 0 aliphatic heterocycles. The first-order valence-electron chi connectivity index (χ1n) is 6.28. The molecular weight excluding hydrogens is 268 g/mol. The lowest BCUT2D eigenvalue weighted by molar-refractivity contribution is 0.365. The quantitative estimate of drug-likeness (QED) is 0.612. The van der Waals surface area contributed by atoms with Gasteiger partial charge in [0.05, 0.1) is 4.83 Å². The van der Waals surface area contributed by atoms with Crippen LogP contribution in [-0.4, -0.2) is 10.1 Å². The van der Waals surface area contributed by atoms with Crippen molar-refractivity contribution in [2.75, 3.05) is 0 Å². The number of hydrogen-bond donors (Lipinski definition) is 0. The highest BCUT2D eigenvalue weighted by molar-refractivity contribution is 9.09. The van der Waals surface area contributed by atoms with E-state index in [2.05, 4.69) is 33.0 Å². The highest BCUT2D eigenvalue weighted by Gasteiger charge is 2.21. The molecule has 1 heterocycles. The van der Waals surface area contributed by atoms with E-state index in [0.717, 1.165) is 18.1 Å². The lowest BCUT2D eigenvalue weighted by Crippen LogP contribution is -2.00. The molecule has 0 amide bonds. The van der Waals surface area contributed by atoms with Crippen LogP contribution in [0.5, 0.6) is 0 Å². The van der Waals surface area contributed by atoms with Gasteiger partial charge in [-0.05, 0) is 19.3 Å². The maximum Gasteiger partial charge on any atom is 0.240 e. The van der Waals surface area contributed by atoms with Gasteiger partial charge in [-0.25, -0.2) is 0 Å². The Hall–Kier alpha value is -0.380. The first kappa shape index (κ1) is 12.1. The Labute approximate surface area is 105 Å². The highest BCUT2D eigenvalue weighted by Crippen LogP contribution is 2.31. The third-order valence-electron chi connectivity index (χ3n) is 3.30. The molecule has 1 atom stereocenters. The summed E-state index contributed by atoms with van der Waals surface area (Å²) in [7, 11) is 0. The van der Waals surface area contributed by atoms with Gasteiger partial charge in [0, 0.05) is 5.92 Å². The molecule has 0 N–H and O–H groups in total. The van der Waals surface area contributed by atoms with Gasteiger partial charge in [-0.2, -0.15) is 4.98 Å². The summed E-state index contributed by atoms with van der Waals surface area (Å²) in [5.74, 6) is 2.19. The molecule has 1 aliphatic carbocycles. The fraction of sp³-hybridized carbons (Fsp3) is 0.833. The number of alkyl halides is 1. The second-order valence-corrected chi connectivity index (χ2v) is 5.66. The molecule has 90 valence electrons. The summed E-state index contributed by atoms with van der Waals surface area (Å²) in [5.41, 5.74) is 0. The van der Waals surface area contributed by atoms with E-state index in [-0.39, 0.29) is 4.83 Å². The number of halogens is 1. The van der Waals surface area contributed by atoms with Crippen LogP contribution >= 0.6 is 15.9 Å². The average Bonchev–Trinajstić information content (AvgIpc) is 2.64. The predicted molar refractivity (Wildman–Crippen MR) is 66.7 cm³/mol. The minimum absolute atomic E-state index is 0.208. The molecule has 4 heteroatoms. The molecule has 16 heavy (non-hydrogen) atoms. The normalized spacial score (nSPS) is 20.6. The van der Waals surface area contributed by atoms with Gasteiger partial charge in [0.1, 0.15) is 0 Å². The molecule has 0 bridgehead atoms. The minimum Gasteiger partial charge on any atom is -0.338 e. The largest absolute Gasteiger partial charge is 0.338 e. The fourth-order valence-electron chi connectivity index (χ4n) is 2.25. The van der Waals surface area contributed by atoms with Gasteiger partial charge < -0.3 is 4.52 Å². The summed E-state index contributed by atoms with van der Waals surface area (Å²) in [5, 5.41) is 4.13. The molecule has 0 saturated heterocycles. The van der Waals surface area contributed by atoms with Crippen molar-refractivity contribution in [3.63, 3.8) is 0 Å². The van der Waals surface area contributed by atoms with Crippen LogP contribution in [0, 0.1) is 0 Å². The zero-order chi connectivity index (χ0) is 11.4. The summed E-state index contributed by atoms with van der Waals surface area (Å²) in [4.78, 5) is 4.73. The molecular formula is C12H19BrN2O. The van der Waals surface area contributed by atoms with Crippen molar-refractivity contribution in [1.82, 2.24) is 10.1 Å². The first-order valence-corrected chi connectivity index (χ1v) is 7.20. The molecule has 0 radical (unpaired) electrons. The van der Waals surface area contributed by atoms with Crippen LogP contribution < -0.4 is 0 Å². The maximum absolute atomic E-state index is 5.30. The molecule has 0 spiro atoms. The van der Waals surface area contributed by atoms with Crippen molar-refractivity contribution in [2.45, 2.75) is 62.6 Å². The van der Waals surface area contributed by atoms with Crippen LogP contribution in [0.4, 0.5) is 0 Å². The Morgan fingerprint density at radius 2 is 2.00 bits per heavy atom. The van der Waals surface area contributed by atoms with Gasteiger partial charge in [0.15, 0.2) is 5.82 Å². The Bertz CT molecular complexity index is 319. The summed E-state index contributed by atoms with van der Waals surface area (Å²) in [6, 6.07) is 0. The van der Waals surface area contributed by atoms with Crippen LogP contribution in [-0.2, 0) is 0 Å². The van der Waals surface area contributed by atoms with Crippen molar-refractivity contribution >= 4 is 15.9 Å². The third kappa shape index (κ3) is 2.84. The van der Waals surface area contributed by atoms with Crippen molar-refractivity contribution in [2.24, 2.45) is 0 Å². The molecule has 2 rings (SSSR count).